The summed E-state index contributed by atoms with van der Waals surface area (Å²) in [6, 6.07) is 6.44. The lowest BCUT2D eigenvalue weighted by Gasteiger charge is -2.32. The molecule has 0 fully saturated rings. The number of pyridine rings is 1. The minimum atomic E-state index is -1.08. The van der Waals surface area contributed by atoms with E-state index in [1.54, 1.807) is 39.0 Å². The second-order valence-electron chi connectivity index (χ2n) is 9.51. The summed E-state index contributed by atoms with van der Waals surface area (Å²) in [5.41, 5.74) is 0.175. The van der Waals surface area contributed by atoms with Crippen LogP contribution in [0.15, 0.2) is 47.1 Å². The molecule has 3 aromatic rings. The van der Waals surface area contributed by atoms with Gasteiger partial charge in [-0.05, 0) is 50.1 Å². The van der Waals surface area contributed by atoms with Crippen molar-refractivity contribution in [2.75, 3.05) is 13.1 Å². The molecule has 1 amide bonds. The van der Waals surface area contributed by atoms with Gasteiger partial charge < -0.3 is 24.0 Å². The summed E-state index contributed by atoms with van der Waals surface area (Å²) in [6.45, 7) is 5.25. The van der Waals surface area contributed by atoms with Crippen LogP contribution in [0.3, 0.4) is 0 Å². The normalized spacial score (nSPS) is 15.7. The lowest BCUT2D eigenvalue weighted by molar-refractivity contribution is -0.140. The van der Waals surface area contributed by atoms with E-state index in [0.29, 0.717) is 11.1 Å². The lowest BCUT2D eigenvalue weighted by atomic mass is 9.90. The van der Waals surface area contributed by atoms with Gasteiger partial charge in [-0.25, -0.2) is 18.6 Å². The number of rotatable bonds is 6. The maximum Gasteiger partial charge on any atom is 0.410 e. The molecule has 38 heavy (non-hydrogen) atoms. The summed E-state index contributed by atoms with van der Waals surface area (Å²) in [7, 11) is 0. The predicted octanol–water partition coefficient (Wildman–Crippen LogP) is 5.58. The van der Waals surface area contributed by atoms with Crippen molar-refractivity contribution in [2.24, 2.45) is 5.92 Å². The molecule has 1 atom stereocenters. The molecule has 1 aromatic carbocycles. The van der Waals surface area contributed by atoms with Crippen molar-refractivity contribution in [1.29, 1.82) is 0 Å². The van der Waals surface area contributed by atoms with Gasteiger partial charge >= 0.3 is 12.1 Å². The van der Waals surface area contributed by atoms with Crippen LogP contribution in [0.25, 0.3) is 16.8 Å². The molecule has 1 N–H and O–H groups in total. The van der Waals surface area contributed by atoms with Gasteiger partial charge in [-0.1, -0.05) is 22.8 Å². The van der Waals surface area contributed by atoms with Crippen molar-refractivity contribution in [3.63, 3.8) is 0 Å². The average molecular weight is 548 g/mol. The monoisotopic (exact) mass is 547 g/mol. The minimum absolute atomic E-state index is 0.0123. The van der Waals surface area contributed by atoms with E-state index < -0.39 is 40.2 Å². The number of carboxylic acid groups (broad SMARTS) is 1. The fraction of sp³-hybridized carbons (Fsp3) is 0.308. The molecule has 1 unspecified atom stereocenters. The number of nitrogens with zero attached hydrogens (tertiary/aromatic N) is 3. The molecule has 200 valence electrons. The maximum atomic E-state index is 14.1. The van der Waals surface area contributed by atoms with E-state index in [9.17, 15) is 23.5 Å². The molecular weight excluding hydrogens is 524 g/mol. The van der Waals surface area contributed by atoms with Gasteiger partial charge in [0, 0.05) is 31.4 Å². The zero-order valence-corrected chi connectivity index (χ0v) is 21.5. The summed E-state index contributed by atoms with van der Waals surface area (Å²) in [4.78, 5) is 29.9. The molecule has 1 aliphatic rings. The Bertz CT molecular complexity index is 1380. The standard InChI is InChI=1S/C26H24ClF2N3O6/c1-26(2,3)37-25(35)32-9-8-16(17(12-32)24(33)34)14-4-7-21(30-11-14)36-13-15-10-20(31-38-15)22-18(28)5-6-19(29)23(22)27/h4-8,10-11,17H,9,12-13H2,1-3H3,(H,33,34). The topological polar surface area (TPSA) is 115 Å². The van der Waals surface area contributed by atoms with Gasteiger partial charge in [0.05, 0.1) is 16.5 Å². The number of ether oxygens (including phenoxy) is 2. The van der Waals surface area contributed by atoms with Crippen molar-refractivity contribution in [3.05, 3.63) is 70.6 Å². The van der Waals surface area contributed by atoms with Gasteiger partial charge in [0.15, 0.2) is 12.4 Å². The first-order chi connectivity index (χ1) is 17.9. The highest BCUT2D eigenvalue weighted by molar-refractivity contribution is 6.33. The number of hydrogen-bond donors (Lipinski definition) is 1. The third-order valence-electron chi connectivity index (χ3n) is 5.55. The minimum Gasteiger partial charge on any atom is -0.481 e. The second kappa shape index (κ2) is 10.8. The highest BCUT2D eigenvalue weighted by atomic mass is 35.5. The molecule has 4 rings (SSSR count). The fourth-order valence-corrected chi connectivity index (χ4v) is 4.04. The van der Waals surface area contributed by atoms with Gasteiger partial charge in [-0.15, -0.1) is 0 Å². The smallest absolute Gasteiger partial charge is 0.410 e. The Morgan fingerprint density at radius 2 is 1.95 bits per heavy atom. The van der Waals surface area contributed by atoms with E-state index in [1.165, 1.54) is 17.2 Å². The molecule has 0 radical (unpaired) electrons. The summed E-state index contributed by atoms with van der Waals surface area (Å²) in [6.07, 6.45) is 2.55. The zero-order chi connectivity index (χ0) is 27.6. The molecule has 2 aromatic heterocycles. The maximum absolute atomic E-state index is 14.1. The molecule has 0 bridgehead atoms. The van der Waals surface area contributed by atoms with Gasteiger partial charge in [0.1, 0.15) is 22.9 Å². The highest BCUT2D eigenvalue weighted by Gasteiger charge is 2.33. The first-order valence-corrected chi connectivity index (χ1v) is 11.9. The zero-order valence-electron chi connectivity index (χ0n) is 20.7. The van der Waals surface area contributed by atoms with Crippen LogP contribution in [0.1, 0.15) is 32.1 Å². The van der Waals surface area contributed by atoms with Crippen molar-refractivity contribution in [2.45, 2.75) is 33.0 Å². The van der Waals surface area contributed by atoms with Gasteiger partial charge in [0.25, 0.3) is 0 Å². The van der Waals surface area contributed by atoms with Crippen LogP contribution in [0, 0.1) is 17.6 Å². The largest absolute Gasteiger partial charge is 0.481 e. The summed E-state index contributed by atoms with van der Waals surface area (Å²) in [5, 5.41) is 13.1. The summed E-state index contributed by atoms with van der Waals surface area (Å²) < 4.78 is 43.9. The van der Waals surface area contributed by atoms with Crippen LogP contribution in [0.5, 0.6) is 5.88 Å². The van der Waals surface area contributed by atoms with E-state index in [4.69, 9.17) is 25.6 Å². The number of benzene rings is 1. The molecule has 0 aliphatic carbocycles. The Labute approximate surface area is 221 Å². The summed E-state index contributed by atoms with van der Waals surface area (Å²) in [5.74, 6) is -3.16. The number of amides is 1. The Morgan fingerprint density at radius 3 is 2.61 bits per heavy atom. The van der Waals surface area contributed by atoms with Crippen LogP contribution < -0.4 is 4.74 Å². The SMILES string of the molecule is CC(C)(C)OC(=O)N1CC=C(c2ccc(OCc3cc(-c4c(F)ccc(F)c4Cl)no3)nc2)C(C(=O)O)C1. The molecule has 12 heteroatoms. The number of carbonyl (C=O) groups excluding carboxylic acids is 1. The third kappa shape index (κ3) is 6.10. The Kier molecular flexibility index (Phi) is 7.68. The van der Waals surface area contributed by atoms with Crippen LogP contribution >= 0.6 is 11.6 Å². The molecular formula is C26H24ClF2N3O6. The molecule has 3 heterocycles. The quantitative estimate of drug-likeness (QED) is 0.398. The third-order valence-corrected chi connectivity index (χ3v) is 5.92. The van der Waals surface area contributed by atoms with Crippen LogP contribution in [0.4, 0.5) is 13.6 Å². The molecule has 1 aliphatic heterocycles. The van der Waals surface area contributed by atoms with E-state index in [0.717, 1.165) is 12.1 Å². The predicted molar refractivity (Wildman–Crippen MR) is 132 cm³/mol. The van der Waals surface area contributed by atoms with Gasteiger partial charge in [-0.2, -0.15) is 0 Å². The van der Waals surface area contributed by atoms with E-state index in [2.05, 4.69) is 10.1 Å². The number of halogens is 3. The van der Waals surface area contributed by atoms with Crippen LogP contribution in [-0.4, -0.2) is 50.9 Å². The van der Waals surface area contributed by atoms with Crippen molar-refractivity contribution < 1.29 is 37.5 Å². The van der Waals surface area contributed by atoms with Gasteiger partial charge in [-0.3, -0.25) is 4.79 Å². The second-order valence-corrected chi connectivity index (χ2v) is 9.88. The van der Waals surface area contributed by atoms with E-state index in [1.807, 2.05) is 0 Å². The highest BCUT2D eigenvalue weighted by Crippen LogP contribution is 2.33. The lowest BCUT2D eigenvalue weighted by Crippen LogP contribution is -2.44. The molecule has 0 spiro atoms. The number of carbonyl (C=O) groups is 2. The average Bonchev–Trinajstić information content (AvgIpc) is 3.32. The van der Waals surface area contributed by atoms with Crippen LogP contribution in [0.2, 0.25) is 5.02 Å². The Hall–Kier alpha value is -3.99. The molecule has 0 saturated carbocycles. The van der Waals surface area contributed by atoms with Crippen molar-refractivity contribution in [1.82, 2.24) is 15.0 Å². The number of aromatic nitrogens is 2. The summed E-state index contributed by atoms with van der Waals surface area (Å²) >= 11 is 5.87. The molecule has 9 nitrogen and oxygen atoms in total. The van der Waals surface area contributed by atoms with Crippen LogP contribution in [-0.2, 0) is 16.1 Å². The Morgan fingerprint density at radius 1 is 1.21 bits per heavy atom. The van der Waals surface area contributed by atoms with Gasteiger partial charge in [0.2, 0.25) is 5.88 Å². The fourth-order valence-electron chi connectivity index (χ4n) is 3.79. The Balaban J connectivity index is 1.43. The van der Waals surface area contributed by atoms with E-state index in [-0.39, 0.29) is 42.6 Å². The number of carboxylic acids is 1. The molecule has 0 saturated heterocycles. The van der Waals surface area contributed by atoms with Crippen molar-refractivity contribution >= 4 is 29.2 Å². The van der Waals surface area contributed by atoms with E-state index >= 15 is 0 Å². The first-order valence-electron chi connectivity index (χ1n) is 11.5. The van der Waals surface area contributed by atoms with Crippen molar-refractivity contribution in [3.8, 4) is 17.1 Å². The first kappa shape index (κ1) is 27.1. The number of hydrogen-bond acceptors (Lipinski definition) is 7. The number of aliphatic carboxylic acids is 1.